The van der Waals surface area contributed by atoms with Crippen LogP contribution in [0.25, 0.3) is 0 Å². The summed E-state index contributed by atoms with van der Waals surface area (Å²) in [4.78, 5) is 0. The smallest absolute Gasteiger partial charge is 0.249 e. The maximum atomic E-state index is 11.6. The van der Waals surface area contributed by atoms with Crippen molar-refractivity contribution in [1.29, 1.82) is 0 Å². The van der Waals surface area contributed by atoms with Crippen LogP contribution in [0.1, 0.15) is 103 Å². The summed E-state index contributed by atoms with van der Waals surface area (Å²) in [6.07, 6.45) is 23.6. The summed E-state index contributed by atoms with van der Waals surface area (Å²) in [6, 6.07) is 0. The van der Waals surface area contributed by atoms with E-state index in [2.05, 4.69) is 24.4 Å². The summed E-state index contributed by atoms with van der Waals surface area (Å²) in [5.41, 5.74) is 5.65. The molecular weight excluding hydrogens is 310 g/mol. The zero-order chi connectivity index (χ0) is 18.2. The van der Waals surface area contributed by atoms with Crippen LogP contribution in [0.15, 0.2) is 12.2 Å². The van der Waals surface area contributed by atoms with Crippen LogP contribution in [-0.2, 0) is 0 Å². The van der Waals surface area contributed by atoms with E-state index in [0.29, 0.717) is 6.54 Å². The normalized spacial score (nSPS) is 17.6. The van der Waals surface area contributed by atoms with Gasteiger partial charge in [-0.15, -0.1) is 0 Å². The average Bonchev–Trinajstić information content (AvgIpc) is 2.93. The SMILES string of the molecule is CCCCCCCC/C=C\CCCCCCCCC1=[N+]([O-])C(N)CN1. The Morgan fingerprint density at radius 3 is 1.96 bits per heavy atom. The molecule has 0 aromatic rings. The third-order valence-corrected chi connectivity index (χ3v) is 5.01. The first-order chi connectivity index (χ1) is 12.3. The Morgan fingerprint density at radius 2 is 1.44 bits per heavy atom. The standard InChI is InChI=1S/C21H41N3O/c1-2-3-4-5-6-7-8-9-10-11-12-13-14-15-16-17-18-21-23-19-20(22)24(21)25/h9-10,20,23H,2-8,11-19,22H2,1H3/b10-9-. The van der Waals surface area contributed by atoms with Crippen molar-refractivity contribution in [3.63, 3.8) is 0 Å². The van der Waals surface area contributed by atoms with Crippen molar-refractivity contribution >= 4 is 5.84 Å². The van der Waals surface area contributed by atoms with Crippen molar-refractivity contribution in [3.05, 3.63) is 17.4 Å². The molecule has 0 radical (unpaired) electrons. The van der Waals surface area contributed by atoms with E-state index in [1.807, 2.05) is 0 Å². The number of hydrogen-bond donors (Lipinski definition) is 2. The zero-order valence-corrected chi connectivity index (χ0v) is 16.5. The molecule has 0 aromatic heterocycles. The minimum Gasteiger partial charge on any atom is -0.714 e. The van der Waals surface area contributed by atoms with Crippen molar-refractivity contribution in [2.75, 3.05) is 6.54 Å². The van der Waals surface area contributed by atoms with Crippen LogP contribution in [-0.4, -0.2) is 23.3 Å². The lowest BCUT2D eigenvalue weighted by Crippen LogP contribution is -2.31. The van der Waals surface area contributed by atoms with Crippen molar-refractivity contribution in [2.45, 2.75) is 109 Å². The molecule has 1 aliphatic heterocycles. The molecule has 0 aromatic carbocycles. The number of hydroxylamine groups is 1. The Labute approximate surface area is 155 Å². The van der Waals surface area contributed by atoms with E-state index in [1.54, 1.807) is 0 Å². The Balaban J connectivity index is 1.79. The van der Waals surface area contributed by atoms with Crippen LogP contribution in [0.4, 0.5) is 0 Å². The van der Waals surface area contributed by atoms with Crippen LogP contribution in [0.2, 0.25) is 0 Å². The number of nitrogens with zero attached hydrogens (tertiary/aromatic N) is 1. The van der Waals surface area contributed by atoms with Gasteiger partial charge < -0.3 is 5.21 Å². The van der Waals surface area contributed by atoms with E-state index in [1.165, 1.54) is 83.5 Å². The predicted molar refractivity (Wildman–Crippen MR) is 109 cm³/mol. The second-order valence-electron chi connectivity index (χ2n) is 7.41. The van der Waals surface area contributed by atoms with Gasteiger partial charge in [-0.2, -0.15) is 0 Å². The number of allylic oxidation sites excluding steroid dienone is 2. The van der Waals surface area contributed by atoms with E-state index in [9.17, 15) is 5.21 Å². The molecule has 0 aliphatic carbocycles. The summed E-state index contributed by atoms with van der Waals surface area (Å²) in [5.74, 6) is 0.781. The van der Waals surface area contributed by atoms with Crippen LogP contribution in [0, 0.1) is 5.21 Å². The third kappa shape index (κ3) is 11.2. The van der Waals surface area contributed by atoms with E-state index >= 15 is 0 Å². The summed E-state index contributed by atoms with van der Waals surface area (Å²) in [6.45, 7) is 2.86. The van der Waals surface area contributed by atoms with Crippen molar-refractivity contribution in [2.24, 2.45) is 5.73 Å². The van der Waals surface area contributed by atoms with Gasteiger partial charge in [0.15, 0.2) is 6.17 Å². The largest absolute Gasteiger partial charge is 0.714 e. The molecule has 0 saturated heterocycles. The highest BCUT2D eigenvalue weighted by Gasteiger charge is 2.22. The molecule has 1 aliphatic rings. The van der Waals surface area contributed by atoms with Gasteiger partial charge >= 0.3 is 0 Å². The van der Waals surface area contributed by atoms with Crippen LogP contribution < -0.4 is 11.1 Å². The monoisotopic (exact) mass is 351 g/mol. The topological polar surface area (TPSA) is 64.1 Å². The second kappa shape index (κ2) is 15.2. The van der Waals surface area contributed by atoms with Crippen molar-refractivity contribution < 1.29 is 4.74 Å². The van der Waals surface area contributed by atoms with E-state index in [4.69, 9.17) is 5.73 Å². The molecule has 146 valence electrons. The van der Waals surface area contributed by atoms with Gasteiger partial charge in [0, 0.05) is 6.42 Å². The molecule has 4 heteroatoms. The Bertz CT molecular complexity index is 379. The summed E-state index contributed by atoms with van der Waals surface area (Å²) in [7, 11) is 0. The van der Waals surface area contributed by atoms with Gasteiger partial charge in [-0.05, 0) is 32.1 Å². The van der Waals surface area contributed by atoms with Crippen molar-refractivity contribution in [1.82, 2.24) is 5.32 Å². The molecule has 0 bridgehead atoms. The number of rotatable bonds is 16. The molecule has 0 spiro atoms. The van der Waals surface area contributed by atoms with E-state index in [0.717, 1.165) is 23.4 Å². The molecule has 1 heterocycles. The summed E-state index contributed by atoms with van der Waals surface area (Å²) in [5, 5.41) is 14.7. The fraction of sp³-hybridized carbons (Fsp3) is 0.857. The fourth-order valence-corrected chi connectivity index (χ4v) is 3.32. The summed E-state index contributed by atoms with van der Waals surface area (Å²) >= 11 is 0. The highest BCUT2D eigenvalue weighted by atomic mass is 16.5. The first-order valence-corrected chi connectivity index (χ1v) is 10.7. The van der Waals surface area contributed by atoms with E-state index in [-0.39, 0.29) is 6.17 Å². The number of nitrogens with two attached hydrogens (primary N) is 1. The maximum Gasteiger partial charge on any atom is 0.249 e. The molecule has 1 unspecified atom stereocenters. The molecular formula is C21H41N3O. The predicted octanol–water partition coefficient (Wildman–Crippen LogP) is 5.21. The van der Waals surface area contributed by atoms with E-state index < -0.39 is 0 Å². The molecule has 1 atom stereocenters. The molecule has 4 nitrogen and oxygen atoms in total. The van der Waals surface area contributed by atoms with Gasteiger partial charge in [-0.25, -0.2) is 0 Å². The first-order valence-electron chi connectivity index (χ1n) is 10.7. The van der Waals surface area contributed by atoms with Gasteiger partial charge in [0.2, 0.25) is 5.84 Å². The van der Waals surface area contributed by atoms with Gasteiger partial charge in [-0.3, -0.25) is 15.8 Å². The number of unbranched alkanes of at least 4 members (excludes halogenated alkanes) is 12. The molecule has 25 heavy (non-hydrogen) atoms. The van der Waals surface area contributed by atoms with Gasteiger partial charge in [0.05, 0.1) is 0 Å². The Kier molecular flexibility index (Phi) is 13.4. The fourth-order valence-electron chi connectivity index (χ4n) is 3.32. The highest BCUT2D eigenvalue weighted by molar-refractivity contribution is 5.78. The minimum absolute atomic E-state index is 0.385. The molecule has 1 rings (SSSR count). The molecule has 0 saturated carbocycles. The third-order valence-electron chi connectivity index (χ3n) is 5.01. The van der Waals surface area contributed by atoms with Crippen molar-refractivity contribution in [3.8, 4) is 0 Å². The lowest BCUT2D eigenvalue weighted by molar-refractivity contribution is -0.489. The van der Waals surface area contributed by atoms with Gasteiger partial charge in [0.25, 0.3) is 0 Å². The van der Waals surface area contributed by atoms with Gasteiger partial charge in [-0.1, -0.05) is 76.9 Å². The zero-order valence-electron chi connectivity index (χ0n) is 16.5. The second-order valence-corrected chi connectivity index (χ2v) is 7.41. The number of hydrogen-bond acceptors (Lipinski definition) is 3. The maximum absolute atomic E-state index is 11.6. The first kappa shape index (κ1) is 22.0. The molecule has 0 fully saturated rings. The average molecular weight is 352 g/mol. The van der Waals surface area contributed by atoms with Crippen LogP contribution >= 0.6 is 0 Å². The molecule has 3 N–H and O–H groups in total. The Morgan fingerprint density at radius 1 is 0.920 bits per heavy atom. The molecule has 0 amide bonds. The Hall–Kier alpha value is -1.03. The van der Waals surface area contributed by atoms with Gasteiger partial charge in [0.1, 0.15) is 6.54 Å². The minimum atomic E-state index is -0.385. The summed E-state index contributed by atoms with van der Waals surface area (Å²) < 4.78 is 0.942. The lowest BCUT2D eigenvalue weighted by Gasteiger charge is -2.09. The lowest BCUT2D eigenvalue weighted by atomic mass is 10.1. The number of amidine groups is 1. The van der Waals surface area contributed by atoms with Crippen LogP contribution in [0.5, 0.6) is 0 Å². The quantitative estimate of drug-likeness (QED) is 0.174. The number of nitrogens with one attached hydrogen (secondary N) is 1. The highest BCUT2D eigenvalue weighted by Crippen LogP contribution is 2.11. The van der Waals surface area contributed by atoms with Crippen LogP contribution in [0.3, 0.4) is 0 Å².